The van der Waals surface area contributed by atoms with Gasteiger partial charge in [0, 0.05) is 13.0 Å². The number of fused-ring (bicyclic) bond motifs is 1. The Hall–Kier alpha value is -2.67. The van der Waals surface area contributed by atoms with Crippen molar-refractivity contribution in [2.75, 3.05) is 0 Å². The molecule has 0 aliphatic heterocycles. The quantitative estimate of drug-likeness (QED) is 0.673. The summed E-state index contributed by atoms with van der Waals surface area (Å²) in [4.78, 5) is 4.56. The number of nitrogens with zero attached hydrogens (tertiary/aromatic N) is 3. The van der Waals surface area contributed by atoms with E-state index in [9.17, 15) is 4.39 Å². The highest BCUT2D eigenvalue weighted by atomic mass is 19.1. The van der Waals surface area contributed by atoms with Crippen molar-refractivity contribution in [2.24, 2.45) is 0 Å². The lowest BCUT2D eigenvalue weighted by Gasteiger charge is -2.08. The van der Waals surface area contributed by atoms with E-state index in [1.807, 2.05) is 28.8 Å². The van der Waals surface area contributed by atoms with Gasteiger partial charge in [0.15, 0.2) is 0 Å². The maximum atomic E-state index is 14.1. The Morgan fingerprint density at radius 1 is 1.10 bits per heavy atom. The van der Waals surface area contributed by atoms with E-state index in [4.69, 9.17) is 5.26 Å². The summed E-state index contributed by atoms with van der Waals surface area (Å²) in [6.45, 7) is 0.651. The summed E-state index contributed by atoms with van der Waals surface area (Å²) in [6, 6.07) is 16.5. The zero-order valence-corrected chi connectivity index (χ0v) is 11.5. The van der Waals surface area contributed by atoms with Crippen LogP contribution in [0.15, 0.2) is 48.5 Å². The maximum absolute atomic E-state index is 14.1. The molecule has 0 radical (unpaired) electrons. The van der Waals surface area contributed by atoms with Gasteiger partial charge in [-0.05, 0) is 30.7 Å². The Morgan fingerprint density at radius 3 is 2.67 bits per heavy atom. The number of aromatic nitrogens is 2. The molecule has 21 heavy (non-hydrogen) atoms. The minimum absolute atomic E-state index is 0.283. The second-order valence-electron chi connectivity index (χ2n) is 4.82. The van der Waals surface area contributed by atoms with E-state index in [1.54, 1.807) is 18.2 Å². The van der Waals surface area contributed by atoms with E-state index in [2.05, 4.69) is 11.1 Å². The second kappa shape index (κ2) is 5.76. The lowest BCUT2D eigenvalue weighted by molar-refractivity contribution is 0.623. The van der Waals surface area contributed by atoms with Crippen molar-refractivity contribution in [3.63, 3.8) is 0 Å². The fourth-order valence-electron chi connectivity index (χ4n) is 2.47. The van der Waals surface area contributed by atoms with Gasteiger partial charge in [0.2, 0.25) is 0 Å². The largest absolute Gasteiger partial charge is 0.324 e. The third-order valence-electron chi connectivity index (χ3n) is 3.44. The van der Waals surface area contributed by atoms with Crippen molar-refractivity contribution in [3.05, 3.63) is 54.3 Å². The number of benzene rings is 2. The Kier molecular flexibility index (Phi) is 3.65. The van der Waals surface area contributed by atoms with Gasteiger partial charge in [-0.2, -0.15) is 5.26 Å². The second-order valence-corrected chi connectivity index (χ2v) is 4.82. The molecule has 0 spiro atoms. The first kappa shape index (κ1) is 13.3. The van der Waals surface area contributed by atoms with Gasteiger partial charge in [0.25, 0.3) is 0 Å². The molecule has 0 bridgehead atoms. The standard InChI is InChI=1S/C17H14FN3/c18-14-8-2-1-7-13(14)17-20-15-9-3-4-10-16(15)21(17)12-6-5-11-19/h1-4,7-10H,5-6,12H2. The van der Waals surface area contributed by atoms with E-state index in [0.717, 1.165) is 17.5 Å². The number of hydrogen-bond donors (Lipinski definition) is 0. The monoisotopic (exact) mass is 279 g/mol. The summed E-state index contributed by atoms with van der Waals surface area (Å²) in [5.41, 5.74) is 2.30. The van der Waals surface area contributed by atoms with Gasteiger partial charge in [0.05, 0.1) is 22.7 Å². The molecule has 0 N–H and O–H groups in total. The molecule has 1 aromatic heterocycles. The van der Waals surface area contributed by atoms with Crippen LogP contribution in [0.3, 0.4) is 0 Å². The molecule has 2 aromatic carbocycles. The molecule has 0 amide bonds. The molecule has 1 heterocycles. The number of nitriles is 1. The fourth-order valence-corrected chi connectivity index (χ4v) is 2.47. The summed E-state index contributed by atoms with van der Waals surface area (Å²) in [5, 5.41) is 8.70. The minimum Gasteiger partial charge on any atom is -0.324 e. The van der Waals surface area contributed by atoms with Crippen LogP contribution in [0.2, 0.25) is 0 Å². The zero-order valence-electron chi connectivity index (χ0n) is 11.5. The summed E-state index contributed by atoms with van der Waals surface area (Å²) in [7, 11) is 0. The van der Waals surface area contributed by atoms with E-state index >= 15 is 0 Å². The predicted molar refractivity (Wildman–Crippen MR) is 80.0 cm³/mol. The molecule has 0 unspecified atom stereocenters. The van der Waals surface area contributed by atoms with Gasteiger partial charge < -0.3 is 4.57 Å². The highest BCUT2D eigenvalue weighted by molar-refractivity contribution is 5.80. The van der Waals surface area contributed by atoms with Gasteiger partial charge in [-0.3, -0.25) is 0 Å². The van der Waals surface area contributed by atoms with E-state index in [0.29, 0.717) is 24.4 Å². The highest BCUT2D eigenvalue weighted by Gasteiger charge is 2.14. The molecule has 0 saturated carbocycles. The third kappa shape index (κ3) is 2.50. The van der Waals surface area contributed by atoms with Crippen LogP contribution >= 0.6 is 0 Å². The third-order valence-corrected chi connectivity index (χ3v) is 3.44. The van der Waals surface area contributed by atoms with Crippen molar-refractivity contribution in [2.45, 2.75) is 19.4 Å². The molecule has 3 aromatic rings. The lowest BCUT2D eigenvalue weighted by atomic mass is 10.2. The van der Waals surface area contributed by atoms with Gasteiger partial charge in [-0.15, -0.1) is 0 Å². The van der Waals surface area contributed by atoms with Gasteiger partial charge >= 0.3 is 0 Å². The Labute approximate surface area is 122 Å². The lowest BCUT2D eigenvalue weighted by Crippen LogP contribution is -2.01. The number of halogens is 1. The molecule has 0 fully saturated rings. The number of para-hydroxylation sites is 2. The number of unbranched alkanes of at least 4 members (excludes halogenated alkanes) is 1. The maximum Gasteiger partial charge on any atom is 0.144 e. The first-order valence-corrected chi connectivity index (χ1v) is 6.88. The van der Waals surface area contributed by atoms with Crippen LogP contribution < -0.4 is 0 Å². The van der Waals surface area contributed by atoms with Gasteiger partial charge in [0.1, 0.15) is 11.6 Å². The smallest absolute Gasteiger partial charge is 0.144 e. The fraction of sp³-hybridized carbons (Fsp3) is 0.176. The van der Waals surface area contributed by atoms with Crippen LogP contribution in [-0.2, 0) is 6.54 Å². The summed E-state index contributed by atoms with van der Waals surface area (Å²) in [5.74, 6) is 0.335. The SMILES string of the molecule is N#CCCCn1c(-c2ccccc2F)nc2ccccc21. The molecule has 0 saturated heterocycles. The van der Waals surface area contributed by atoms with Gasteiger partial charge in [-0.25, -0.2) is 9.37 Å². The Morgan fingerprint density at radius 2 is 1.86 bits per heavy atom. The van der Waals surface area contributed by atoms with Crippen molar-refractivity contribution in [1.29, 1.82) is 5.26 Å². The predicted octanol–water partition coefficient (Wildman–Crippen LogP) is 4.15. The molecular formula is C17H14FN3. The molecule has 104 valence electrons. The van der Waals surface area contributed by atoms with Crippen molar-refractivity contribution in [1.82, 2.24) is 9.55 Å². The Bertz CT molecular complexity index is 814. The van der Waals surface area contributed by atoms with Gasteiger partial charge in [-0.1, -0.05) is 24.3 Å². The van der Waals surface area contributed by atoms with Crippen LogP contribution in [0.5, 0.6) is 0 Å². The van der Waals surface area contributed by atoms with Crippen LogP contribution in [0.1, 0.15) is 12.8 Å². The van der Waals surface area contributed by atoms with Crippen LogP contribution in [0.25, 0.3) is 22.4 Å². The summed E-state index contributed by atoms with van der Waals surface area (Å²) >= 11 is 0. The first-order valence-electron chi connectivity index (χ1n) is 6.88. The number of rotatable bonds is 4. The highest BCUT2D eigenvalue weighted by Crippen LogP contribution is 2.27. The van der Waals surface area contributed by atoms with Crippen LogP contribution in [0.4, 0.5) is 4.39 Å². The average molecular weight is 279 g/mol. The molecular weight excluding hydrogens is 265 g/mol. The van der Waals surface area contributed by atoms with Crippen molar-refractivity contribution in [3.8, 4) is 17.5 Å². The van der Waals surface area contributed by atoms with E-state index < -0.39 is 0 Å². The molecule has 4 heteroatoms. The van der Waals surface area contributed by atoms with Crippen LogP contribution in [-0.4, -0.2) is 9.55 Å². The number of aryl methyl sites for hydroxylation is 1. The summed E-state index contributed by atoms with van der Waals surface area (Å²) < 4.78 is 16.1. The first-order chi connectivity index (χ1) is 10.3. The normalized spacial score (nSPS) is 10.7. The number of hydrogen-bond acceptors (Lipinski definition) is 2. The number of imidazole rings is 1. The van der Waals surface area contributed by atoms with E-state index in [-0.39, 0.29) is 5.82 Å². The van der Waals surface area contributed by atoms with Crippen molar-refractivity contribution >= 4 is 11.0 Å². The molecule has 0 aliphatic rings. The van der Waals surface area contributed by atoms with E-state index in [1.165, 1.54) is 6.07 Å². The minimum atomic E-state index is -0.283. The average Bonchev–Trinajstić information content (AvgIpc) is 2.87. The van der Waals surface area contributed by atoms with Crippen molar-refractivity contribution < 1.29 is 4.39 Å². The zero-order chi connectivity index (χ0) is 14.7. The van der Waals surface area contributed by atoms with Crippen LogP contribution in [0, 0.1) is 17.1 Å². The molecule has 0 atom stereocenters. The molecule has 3 nitrogen and oxygen atoms in total. The summed E-state index contributed by atoms with van der Waals surface area (Å²) in [6.07, 6.45) is 1.20. The Balaban J connectivity index is 2.15. The molecule has 0 aliphatic carbocycles. The molecule has 3 rings (SSSR count). The topological polar surface area (TPSA) is 41.6 Å².